The van der Waals surface area contributed by atoms with Gasteiger partial charge in [0.25, 0.3) is 0 Å². The maximum Gasteiger partial charge on any atom is 0.321 e. The van der Waals surface area contributed by atoms with Crippen LogP contribution in [-0.4, -0.2) is 37.1 Å². The Labute approximate surface area is 141 Å². The van der Waals surface area contributed by atoms with Gasteiger partial charge < -0.3 is 15.1 Å². The molecule has 0 unspecified atom stereocenters. The van der Waals surface area contributed by atoms with E-state index in [-0.39, 0.29) is 6.03 Å². The summed E-state index contributed by atoms with van der Waals surface area (Å²) < 4.78 is 0. The van der Waals surface area contributed by atoms with E-state index in [0.717, 1.165) is 35.1 Å². The Bertz CT molecular complexity index is 696. The molecule has 1 aliphatic heterocycles. The van der Waals surface area contributed by atoms with Crippen LogP contribution in [0.4, 0.5) is 16.2 Å². The Morgan fingerprint density at radius 1 is 1.04 bits per heavy atom. The molecule has 0 aliphatic carbocycles. The molecule has 1 aliphatic rings. The van der Waals surface area contributed by atoms with Crippen molar-refractivity contribution in [3.05, 3.63) is 59.1 Å². The zero-order chi connectivity index (χ0) is 16.2. The normalized spacial score (nSPS) is 14.7. The largest absolute Gasteiger partial charge is 0.367 e. The summed E-state index contributed by atoms with van der Waals surface area (Å²) >= 11 is 6.24. The van der Waals surface area contributed by atoms with E-state index in [0.29, 0.717) is 13.1 Å². The van der Waals surface area contributed by atoms with Crippen molar-refractivity contribution in [2.45, 2.75) is 6.92 Å². The molecule has 1 fully saturated rings. The van der Waals surface area contributed by atoms with E-state index in [1.807, 2.05) is 60.4 Å². The molecule has 0 atom stereocenters. The van der Waals surface area contributed by atoms with Crippen molar-refractivity contribution >= 4 is 29.0 Å². The maximum absolute atomic E-state index is 12.4. The van der Waals surface area contributed by atoms with E-state index in [1.54, 1.807) is 0 Å². The summed E-state index contributed by atoms with van der Waals surface area (Å²) in [7, 11) is 0. The van der Waals surface area contributed by atoms with E-state index in [2.05, 4.69) is 10.2 Å². The van der Waals surface area contributed by atoms with Gasteiger partial charge in [-0.15, -0.1) is 0 Å². The number of carbonyl (C=O) groups is 1. The van der Waals surface area contributed by atoms with Crippen LogP contribution in [0.2, 0.25) is 5.02 Å². The first-order valence-electron chi connectivity index (χ1n) is 7.75. The number of hydrogen-bond donors (Lipinski definition) is 1. The Hall–Kier alpha value is -2.20. The molecule has 2 amide bonds. The Morgan fingerprint density at radius 3 is 2.48 bits per heavy atom. The summed E-state index contributed by atoms with van der Waals surface area (Å²) in [4.78, 5) is 16.4. The zero-order valence-electron chi connectivity index (χ0n) is 13.1. The van der Waals surface area contributed by atoms with Crippen LogP contribution in [0.5, 0.6) is 0 Å². The van der Waals surface area contributed by atoms with Crippen LogP contribution in [0.25, 0.3) is 0 Å². The number of nitrogens with one attached hydrogen (secondary N) is 1. The van der Waals surface area contributed by atoms with E-state index in [4.69, 9.17) is 11.6 Å². The van der Waals surface area contributed by atoms with E-state index in [1.165, 1.54) is 0 Å². The molecular formula is C18H20ClN3O. The van der Waals surface area contributed by atoms with Crippen molar-refractivity contribution in [1.29, 1.82) is 0 Å². The second-order valence-corrected chi connectivity index (χ2v) is 6.13. The molecule has 0 aromatic heterocycles. The molecule has 5 heteroatoms. The number of benzene rings is 2. The van der Waals surface area contributed by atoms with Gasteiger partial charge in [-0.3, -0.25) is 0 Å². The maximum atomic E-state index is 12.4. The van der Waals surface area contributed by atoms with Crippen LogP contribution in [-0.2, 0) is 0 Å². The number of anilines is 2. The van der Waals surface area contributed by atoms with Gasteiger partial charge in [-0.05, 0) is 36.8 Å². The van der Waals surface area contributed by atoms with Gasteiger partial charge in [0.2, 0.25) is 0 Å². The van der Waals surface area contributed by atoms with Crippen LogP contribution in [0, 0.1) is 6.92 Å². The van der Waals surface area contributed by atoms with Gasteiger partial charge in [0.1, 0.15) is 0 Å². The molecule has 0 spiro atoms. The predicted octanol–water partition coefficient (Wildman–Crippen LogP) is 4.00. The monoisotopic (exact) mass is 329 g/mol. The van der Waals surface area contributed by atoms with Crippen molar-refractivity contribution in [3.8, 4) is 0 Å². The SMILES string of the molecule is Cc1cccc(NC(=O)N2CCN(c3ccccc3Cl)CC2)c1. The molecule has 120 valence electrons. The highest BCUT2D eigenvalue weighted by Crippen LogP contribution is 2.26. The third kappa shape index (κ3) is 3.77. The molecular weight excluding hydrogens is 310 g/mol. The van der Waals surface area contributed by atoms with Gasteiger partial charge in [-0.2, -0.15) is 0 Å². The minimum absolute atomic E-state index is 0.0468. The van der Waals surface area contributed by atoms with Gasteiger partial charge >= 0.3 is 6.03 Å². The second kappa shape index (κ2) is 6.92. The third-order valence-corrected chi connectivity index (χ3v) is 4.35. The minimum Gasteiger partial charge on any atom is -0.367 e. The highest BCUT2D eigenvalue weighted by atomic mass is 35.5. The molecule has 1 N–H and O–H groups in total. The minimum atomic E-state index is -0.0468. The topological polar surface area (TPSA) is 35.6 Å². The summed E-state index contributed by atoms with van der Waals surface area (Å²) in [5.74, 6) is 0. The van der Waals surface area contributed by atoms with Crippen LogP contribution in [0.3, 0.4) is 0 Å². The van der Waals surface area contributed by atoms with E-state index < -0.39 is 0 Å². The first-order chi connectivity index (χ1) is 11.1. The Morgan fingerprint density at radius 2 is 1.78 bits per heavy atom. The summed E-state index contributed by atoms with van der Waals surface area (Å²) in [6, 6.07) is 15.6. The average molecular weight is 330 g/mol. The molecule has 1 heterocycles. The van der Waals surface area contributed by atoms with Gasteiger partial charge in [-0.1, -0.05) is 35.9 Å². The fourth-order valence-corrected chi connectivity index (χ4v) is 3.04. The standard InChI is InChI=1S/C18H20ClN3O/c1-14-5-4-6-15(13-14)20-18(23)22-11-9-21(10-12-22)17-8-3-2-7-16(17)19/h2-8,13H,9-12H2,1H3,(H,20,23). The third-order valence-electron chi connectivity index (χ3n) is 4.03. The van der Waals surface area contributed by atoms with Gasteiger partial charge in [0.05, 0.1) is 10.7 Å². The summed E-state index contributed by atoms with van der Waals surface area (Å²) in [5.41, 5.74) is 3.00. The van der Waals surface area contributed by atoms with Crippen LogP contribution in [0.1, 0.15) is 5.56 Å². The van der Waals surface area contributed by atoms with Crippen LogP contribution < -0.4 is 10.2 Å². The number of carbonyl (C=O) groups excluding carboxylic acids is 1. The molecule has 2 aromatic rings. The van der Waals surface area contributed by atoms with Gasteiger partial charge in [0, 0.05) is 31.9 Å². The summed E-state index contributed by atoms with van der Waals surface area (Å²) in [6.07, 6.45) is 0. The number of hydrogen-bond acceptors (Lipinski definition) is 2. The smallest absolute Gasteiger partial charge is 0.321 e. The summed E-state index contributed by atoms with van der Waals surface area (Å²) in [6.45, 7) is 4.94. The fraction of sp³-hybridized carbons (Fsp3) is 0.278. The number of rotatable bonds is 2. The number of halogens is 1. The van der Waals surface area contributed by atoms with Crippen LogP contribution in [0.15, 0.2) is 48.5 Å². The molecule has 0 radical (unpaired) electrons. The van der Waals surface area contributed by atoms with Crippen molar-refractivity contribution in [3.63, 3.8) is 0 Å². The van der Waals surface area contributed by atoms with Gasteiger partial charge in [0.15, 0.2) is 0 Å². The van der Waals surface area contributed by atoms with Crippen molar-refractivity contribution in [1.82, 2.24) is 4.90 Å². The number of aryl methyl sites for hydroxylation is 1. The van der Waals surface area contributed by atoms with Crippen LogP contribution >= 0.6 is 11.6 Å². The number of nitrogens with zero attached hydrogens (tertiary/aromatic N) is 2. The quantitative estimate of drug-likeness (QED) is 0.903. The lowest BCUT2D eigenvalue weighted by Gasteiger charge is -2.36. The van der Waals surface area contributed by atoms with E-state index >= 15 is 0 Å². The van der Waals surface area contributed by atoms with Gasteiger partial charge in [-0.25, -0.2) is 4.79 Å². The highest BCUT2D eigenvalue weighted by molar-refractivity contribution is 6.33. The Kier molecular flexibility index (Phi) is 4.72. The zero-order valence-corrected chi connectivity index (χ0v) is 13.9. The van der Waals surface area contributed by atoms with Crippen molar-refractivity contribution in [2.75, 3.05) is 36.4 Å². The number of piperazine rings is 1. The average Bonchev–Trinajstić information content (AvgIpc) is 2.55. The lowest BCUT2D eigenvalue weighted by Crippen LogP contribution is -2.50. The lowest BCUT2D eigenvalue weighted by molar-refractivity contribution is 0.208. The van der Waals surface area contributed by atoms with Crippen molar-refractivity contribution < 1.29 is 4.79 Å². The molecule has 2 aromatic carbocycles. The van der Waals surface area contributed by atoms with E-state index in [9.17, 15) is 4.79 Å². The Balaban J connectivity index is 1.58. The molecule has 23 heavy (non-hydrogen) atoms. The molecule has 0 saturated carbocycles. The molecule has 0 bridgehead atoms. The summed E-state index contributed by atoms with van der Waals surface area (Å²) in [5, 5.41) is 3.72. The first kappa shape index (κ1) is 15.7. The van der Waals surface area contributed by atoms with Crippen molar-refractivity contribution in [2.24, 2.45) is 0 Å². The molecule has 4 nitrogen and oxygen atoms in total. The first-order valence-corrected chi connectivity index (χ1v) is 8.13. The number of para-hydroxylation sites is 1. The number of urea groups is 1. The predicted molar refractivity (Wildman–Crippen MR) is 95.4 cm³/mol. The second-order valence-electron chi connectivity index (χ2n) is 5.73. The highest BCUT2D eigenvalue weighted by Gasteiger charge is 2.22. The molecule has 1 saturated heterocycles. The molecule has 3 rings (SSSR count). The fourth-order valence-electron chi connectivity index (χ4n) is 2.78. The number of amides is 2. The lowest BCUT2D eigenvalue weighted by atomic mass is 10.2.